The van der Waals surface area contributed by atoms with Crippen LogP contribution in [-0.4, -0.2) is 36.7 Å². The maximum atomic E-state index is 10.9. The largest absolute Gasteiger partial charge is 0.468 e. The van der Waals surface area contributed by atoms with Crippen LogP contribution in [0.15, 0.2) is 0 Å². The zero-order valence-corrected chi connectivity index (χ0v) is 7.61. The van der Waals surface area contributed by atoms with Crippen molar-refractivity contribution in [2.45, 2.75) is 19.0 Å². The quantitative estimate of drug-likeness (QED) is 0.624. The molecule has 3 nitrogen and oxygen atoms in total. The van der Waals surface area contributed by atoms with Crippen LogP contribution in [0.25, 0.3) is 0 Å². The SMILES string of the molecule is COC(=O)C(C)NC1CSC1. The zero-order chi connectivity index (χ0) is 8.27. The Balaban J connectivity index is 2.18. The van der Waals surface area contributed by atoms with E-state index in [1.807, 2.05) is 18.7 Å². The van der Waals surface area contributed by atoms with Gasteiger partial charge in [0.1, 0.15) is 6.04 Å². The van der Waals surface area contributed by atoms with Crippen molar-refractivity contribution in [3.8, 4) is 0 Å². The van der Waals surface area contributed by atoms with Gasteiger partial charge in [-0.2, -0.15) is 11.8 Å². The molecule has 1 fully saturated rings. The van der Waals surface area contributed by atoms with Gasteiger partial charge in [0.25, 0.3) is 0 Å². The summed E-state index contributed by atoms with van der Waals surface area (Å²) in [5.74, 6) is 2.05. The molecule has 0 aliphatic carbocycles. The minimum atomic E-state index is -0.179. The fourth-order valence-corrected chi connectivity index (χ4v) is 1.59. The second kappa shape index (κ2) is 3.97. The third kappa shape index (κ3) is 2.38. The van der Waals surface area contributed by atoms with Crippen molar-refractivity contribution in [2.75, 3.05) is 18.6 Å². The average Bonchev–Trinajstić information content (AvgIpc) is 1.94. The van der Waals surface area contributed by atoms with E-state index in [0.717, 1.165) is 11.5 Å². The molecule has 0 aromatic rings. The molecule has 0 bridgehead atoms. The number of thioether (sulfide) groups is 1. The number of ether oxygens (including phenoxy) is 1. The lowest BCUT2D eigenvalue weighted by atomic mass is 10.3. The molecule has 1 aliphatic rings. The van der Waals surface area contributed by atoms with Gasteiger partial charge >= 0.3 is 5.97 Å². The van der Waals surface area contributed by atoms with Crippen LogP contribution in [0.4, 0.5) is 0 Å². The molecular weight excluding hydrogens is 162 g/mol. The topological polar surface area (TPSA) is 38.3 Å². The maximum Gasteiger partial charge on any atom is 0.322 e. The molecule has 11 heavy (non-hydrogen) atoms. The minimum absolute atomic E-state index is 0.161. The van der Waals surface area contributed by atoms with E-state index in [0.29, 0.717) is 6.04 Å². The van der Waals surface area contributed by atoms with E-state index >= 15 is 0 Å². The Morgan fingerprint density at radius 1 is 1.73 bits per heavy atom. The van der Waals surface area contributed by atoms with Crippen molar-refractivity contribution in [3.05, 3.63) is 0 Å². The second-order valence-electron chi connectivity index (χ2n) is 2.65. The molecule has 1 saturated heterocycles. The lowest BCUT2D eigenvalue weighted by Crippen LogP contribution is -2.48. The Kier molecular flexibility index (Phi) is 3.20. The van der Waals surface area contributed by atoms with Crippen LogP contribution in [0.3, 0.4) is 0 Å². The monoisotopic (exact) mass is 175 g/mol. The Labute approximate surface area is 70.9 Å². The third-order valence-corrected chi connectivity index (χ3v) is 2.95. The van der Waals surface area contributed by atoms with Gasteiger partial charge in [-0.15, -0.1) is 0 Å². The Morgan fingerprint density at radius 3 is 2.73 bits per heavy atom. The molecule has 1 N–H and O–H groups in total. The van der Waals surface area contributed by atoms with Crippen LogP contribution >= 0.6 is 11.8 Å². The van der Waals surface area contributed by atoms with E-state index in [1.54, 1.807) is 0 Å². The molecule has 1 aliphatic heterocycles. The first-order valence-corrected chi connectivity index (χ1v) is 4.81. The minimum Gasteiger partial charge on any atom is -0.468 e. The summed E-state index contributed by atoms with van der Waals surface area (Å²) in [6, 6.07) is 0.347. The zero-order valence-electron chi connectivity index (χ0n) is 6.79. The van der Waals surface area contributed by atoms with E-state index in [1.165, 1.54) is 7.11 Å². The fourth-order valence-electron chi connectivity index (χ4n) is 0.930. The summed E-state index contributed by atoms with van der Waals surface area (Å²) in [5, 5.41) is 3.17. The fraction of sp³-hybridized carbons (Fsp3) is 0.857. The lowest BCUT2D eigenvalue weighted by molar-refractivity contribution is -0.142. The van der Waals surface area contributed by atoms with E-state index in [4.69, 9.17) is 0 Å². The molecule has 1 heterocycles. The molecule has 1 atom stereocenters. The first-order valence-electron chi connectivity index (χ1n) is 3.65. The van der Waals surface area contributed by atoms with Crippen LogP contribution in [0.5, 0.6) is 0 Å². The van der Waals surface area contributed by atoms with Crippen LogP contribution in [0, 0.1) is 0 Å². The van der Waals surface area contributed by atoms with Gasteiger partial charge in [0.2, 0.25) is 0 Å². The van der Waals surface area contributed by atoms with Gasteiger partial charge < -0.3 is 10.1 Å². The summed E-state index contributed by atoms with van der Waals surface area (Å²) < 4.78 is 4.57. The van der Waals surface area contributed by atoms with Gasteiger partial charge in [0, 0.05) is 17.5 Å². The van der Waals surface area contributed by atoms with Crippen molar-refractivity contribution < 1.29 is 9.53 Å². The number of esters is 1. The van der Waals surface area contributed by atoms with Crippen LogP contribution in [0.2, 0.25) is 0 Å². The molecule has 0 aromatic carbocycles. The summed E-state index contributed by atoms with van der Waals surface area (Å²) in [4.78, 5) is 10.9. The normalized spacial score (nSPS) is 20.5. The number of methoxy groups -OCH3 is 1. The predicted octanol–water partition coefficient (Wildman–Crippen LogP) is 0.253. The Morgan fingerprint density at radius 2 is 2.36 bits per heavy atom. The first-order chi connectivity index (χ1) is 5.24. The summed E-state index contributed by atoms with van der Waals surface area (Å²) in [6.07, 6.45) is 0. The maximum absolute atomic E-state index is 10.9. The second-order valence-corrected chi connectivity index (χ2v) is 3.72. The van der Waals surface area contributed by atoms with Gasteiger partial charge in [-0.25, -0.2) is 0 Å². The van der Waals surface area contributed by atoms with Crippen molar-refractivity contribution in [1.82, 2.24) is 5.32 Å². The Hall–Kier alpha value is -0.220. The van der Waals surface area contributed by atoms with Crippen molar-refractivity contribution >= 4 is 17.7 Å². The van der Waals surface area contributed by atoms with E-state index in [9.17, 15) is 4.79 Å². The van der Waals surface area contributed by atoms with Crippen LogP contribution < -0.4 is 5.32 Å². The molecule has 1 rings (SSSR count). The van der Waals surface area contributed by atoms with Crippen LogP contribution in [0.1, 0.15) is 6.92 Å². The summed E-state index contributed by atoms with van der Waals surface area (Å²) in [7, 11) is 1.41. The molecule has 0 saturated carbocycles. The average molecular weight is 175 g/mol. The van der Waals surface area contributed by atoms with E-state index < -0.39 is 0 Å². The number of carbonyl (C=O) groups is 1. The molecular formula is C7H13NO2S. The van der Waals surface area contributed by atoms with Gasteiger partial charge in [0.05, 0.1) is 7.11 Å². The van der Waals surface area contributed by atoms with E-state index in [-0.39, 0.29) is 12.0 Å². The summed E-state index contributed by atoms with van der Waals surface area (Å²) in [5.41, 5.74) is 0. The highest BCUT2D eigenvalue weighted by molar-refractivity contribution is 8.00. The Bertz CT molecular complexity index is 147. The molecule has 0 amide bonds. The number of carbonyl (C=O) groups excluding carboxylic acids is 1. The van der Waals surface area contributed by atoms with E-state index in [2.05, 4.69) is 10.1 Å². The molecule has 64 valence electrons. The molecule has 4 heteroatoms. The smallest absolute Gasteiger partial charge is 0.322 e. The van der Waals surface area contributed by atoms with Gasteiger partial charge in [-0.05, 0) is 6.92 Å². The van der Waals surface area contributed by atoms with Gasteiger partial charge in [0.15, 0.2) is 0 Å². The molecule has 0 radical (unpaired) electrons. The lowest BCUT2D eigenvalue weighted by Gasteiger charge is -2.28. The van der Waals surface area contributed by atoms with Crippen LogP contribution in [-0.2, 0) is 9.53 Å². The predicted molar refractivity (Wildman–Crippen MR) is 45.7 cm³/mol. The number of nitrogens with one attached hydrogen (secondary N) is 1. The highest BCUT2D eigenvalue weighted by Gasteiger charge is 2.22. The van der Waals surface area contributed by atoms with Crippen molar-refractivity contribution in [2.24, 2.45) is 0 Å². The summed E-state index contributed by atoms with van der Waals surface area (Å²) >= 11 is 1.89. The standard InChI is InChI=1S/C7H13NO2S/c1-5(7(9)10-2)8-6-3-11-4-6/h5-6,8H,3-4H2,1-2H3. The van der Waals surface area contributed by atoms with Gasteiger partial charge in [-0.3, -0.25) is 4.79 Å². The number of rotatable bonds is 3. The number of hydrogen-bond acceptors (Lipinski definition) is 4. The first kappa shape index (κ1) is 8.87. The number of hydrogen-bond donors (Lipinski definition) is 1. The molecule has 0 spiro atoms. The van der Waals surface area contributed by atoms with Crippen molar-refractivity contribution in [1.29, 1.82) is 0 Å². The highest BCUT2D eigenvalue weighted by atomic mass is 32.2. The molecule has 1 unspecified atom stereocenters. The molecule has 0 aromatic heterocycles. The van der Waals surface area contributed by atoms with Crippen molar-refractivity contribution in [3.63, 3.8) is 0 Å². The summed E-state index contributed by atoms with van der Waals surface area (Å²) in [6.45, 7) is 1.83. The van der Waals surface area contributed by atoms with Gasteiger partial charge in [-0.1, -0.05) is 0 Å². The third-order valence-electron chi connectivity index (χ3n) is 1.68. The highest BCUT2D eigenvalue weighted by Crippen LogP contribution is 2.17.